The van der Waals surface area contributed by atoms with Crippen molar-refractivity contribution in [1.29, 1.82) is 0 Å². The van der Waals surface area contributed by atoms with Gasteiger partial charge >= 0.3 is 0 Å². The lowest BCUT2D eigenvalue weighted by Crippen LogP contribution is -2.62. The smallest absolute Gasteiger partial charge is 0.238 e. The normalized spacial score (nSPS) is 30.4. The Morgan fingerprint density at radius 1 is 0.977 bits per heavy atom. The molecule has 16 nitrogen and oxygen atoms in total. The summed E-state index contributed by atoms with van der Waals surface area (Å²) in [6.45, 7) is -2.06. The minimum absolute atomic E-state index is 0.00783. The molecule has 8 atom stereocenters. The predicted molar refractivity (Wildman–Crippen MR) is 145 cm³/mol. The molecule has 0 bridgehead atoms. The molecule has 5 rings (SSSR count). The van der Waals surface area contributed by atoms with Gasteiger partial charge in [0.1, 0.15) is 52.5 Å². The van der Waals surface area contributed by atoms with Gasteiger partial charge in [-0.25, -0.2) is 0 Å². The number of rotatable bonds is 9. The molecule has 0 aliphatic carbocycles. The molecule has 3 heterocycles. The molecule has 0 amide bonds. The molecule has 0 spiro atoms. The number of ether oxygens (including phenoxy) is 6. The van der Waals surface area contributed by atoms with E-state index >= 15 is 0 Å². The molecule has 44 heavy (non-hydrogen) atoms. The molecule has 16 heteroatoms. The molecule has 2 aliphatic rings. The highest BCUT2D eigenvalue weighted by Crippen LogP contribution is 2.40. The van der Waals surface area contributed by atoms with Gasteiger partial charge in [-0.15, -0.1) is 0 Å². The van der Waals surface area contributed by atoms with Crippen molar-refractivity contribution in [3.05, 3.63) is 40.6 Å². The van der Waals surface area contributed by atoms with Crippen molar-refractivity contribution in [2.24, 2.45) is 0 Å². The van der Waals surface area contributed by atoms with Crippen LogP contribution in [-0.4, -0.2) is 124 Å². The van der Waals surface area contributed by atoms with Crippen molar-refractivity contribution in [2.45, 2.75) is 48.7 Å². The van der Waals surface area contributed by atoms with Gasteiger partial charge in [0.2, 0.25) is 17.5 Å². The number of aliphatic hydroxyl groups excluding tert-OH is 5. The van der Waals surface area contributed by atoms with Gasteiger partial charge in [-0.1, -0.05) is 0 Å². The van der Waals surface area contributed by atoms with E-state index in [1.54, 1.807) is 0 Å². The highest BCUT2D eigenvalue weighted by Gasteiger charge is 2.53. The Morgan fingerprint density at radius 3 is 2.36 bits per heavy atom. The molecular formula is C28H32O16. The summed E-state index contributed by atoms with van der Waals surface area (Å²) in [5, 5.41) is 81.7. The molecule has 2 aliphatic heterocycles. The van der Waals surface area contributed by atoms with Gasteiger partial charge in [0, 0.05) is 17.7 Å². The number of phenols is 1. The van der Waals surface area contributed by atoms with E-state index in [4.69, 9.17) is 32.8 Å². The molecule has 2 aromatic carbocycles. The number of hydrogen-bond acceptors (Lipinski definition) is 16. The highest BCUT2D eigenvalue weighted by molar-refractivity contribution is 5.88. The van der Waals surface area contributed by atoms with Crippen molar-refractivity contribution in [2.75, 3.05) is 34.0 Å². The van der Waals surface area contributed by atoms with E-state index in [9.17, 15) is 45.6 Å². The molecule has 3 aromatic rings. The molecule has 0 saturated carbocycles. The Bertz CT molecular complexity index is 1560. The van der Waals surface area contributed by atoms with E-state index in [0.717, 1.165) is 0 Å². The minimum atomic E-state index is -2.04. The number of fused-ring (bicyclic) bond motifs is 1. The molecule has 0 unspecified atom stereocenters. The van der Waals surface area contributed by atoms with Crippen LogP contribution >= 0.6 is 0 Å². The van der Waals surface area contributed by atoms with Crippen LogP contribution in [0.2, 0.25) is 0 Å². The Kier molecular flexibility index (Phi) is 8.90. The van der Waals surface area contributed by atoms with E-state index < -0.39 is 85.4 Å². The summed E-state index contributed by atoms with van der Waals surface area (Å²) in [6.07, 6.45) is -11.2. The SMILES string of the molecule is COc1cc(O)c2c(=O)c(O)c(-c3ccc(O[C@@H]4O[C@H](CO)[C@@H](O)[C@H](O)[C@H]4O[C@@H]4OC[C@](O)(CO)[C@H]4O)c(OC)c3)oc2c1. The van der Waals surface area contributed by atoms with Crippen LogP contribution in [0.4, 0.5) is 0 Å². The van der Waals surface area contributed by atoms with Crippen LogP contribution in [0, 0.1) is 0 Å². The van der Waals surface area contributed by atoms with E-state index in [1.807, 2.05) is 0 Å². The second-order valence-electron chi connectivity index (χ2n) is 10.3. The van der Waals surface area contributed by atoms with Crippen LogP contribution in [0.15, 0.2) is 39.5 Å². The molecule has 0 radical (unpaired) electrons. The monoisotopic (exact) mass is 624 g/mol. The van der Waals surface area contributed by atoms with Gasteiger partial charge in [-0.2, -0.15) is 0 Å². The van der Waals surface area contributed by atoms with Crippen molar-refractivity contribution in [3.8, 4) is 40.1 Å². The number of methoxy groups -OCH3 is 2. The van der Waals surface area contributed by atoms with Crippen LogP contribution in [0.25, 0.3) is 22.3 Å². The van der Waals surface area contributed by atoms with E-state index in [2.05, 4.69) is 0 Å². The lowest BCUT2D eigenvalue weighted by molar-refractivity contribution is -0.319. The predicted octanol–water partition coefficient (Wildman–Crippen LogP) is -1.47. The summed E-state index contributed by atoms with van der Waals surface area (Å²) in [5.74, 6) is -1.34. The van der Waals surface area contributed by atoms with Crippen molar-refractivity contribution in [3.63, 3.8) is 0 Å². The third kappa shape index (κ3) is 5.51. The second-order valence-corrected chi connectivity index (χ2v) is 10.3. The lowest BCUT2D eigenvalue weighted by atomic mass is 9.98. The zero-order valence-corrected chi connectivity index (χ0v) is 23.4. The average molecular weight is 625 g/mol. The quantitative estimate of drug-likeness (QED) is 0.135. The first-order chi connectivity index (χ1) is 21.0. The number of aliphatic hydroxyl groups is 6. The number of hydrogen-bond donors (Lipinski definition) is 8. The lowest BCUT2D eigenvalue weighted by Gasteiger charge is -2.42. The van der Waals surface area contributed by atoms with Gasteiger partial charge in [-0.05, 0) is 18.2 Å². The third-order valence-corrected chi connectivity index (χ3v) is 7.52. The number of aromatic hydroxyl groups is 2. The zero-order valence-electron chi connectivity index (χ0n) is 23.4. The maximum atomic E-state index is 12.9. The second kappa shape index (κ2) is 12.4. The Balaban J connectivity index is 1.48. The maximum Gasteiger partial charge on any atom is 0.238 e. The topological polar surface area (TPSA) is 247 Å². The molecule has 2 fully saturated rings. The Hall–Kier alpha value is -3.71. The van der Waals surface area contributed by atoms with Crippen LogP contribution in [0.1, 0.15) is 0 Å². The minimum Gasteiger partial charge on any atom is -0.507 e. The van der Waals surface area contributed by atoms with Crippen LogP contribution in [-0.2, 0) is 14.2 Å². The third-order valence-electron chi connectivity index (χ3n) is 7.52. The van der Waals surface area contributed by atoms with E-state index in [1.165, 1.54) is 44.6 Å². The molecule has 1 aromatic heterocycles. The van der Waals surface area contributed by atoms with Gasteiger partial charge in [0.05, 0.1) is 34.0 Å². The fourth-order valence-corrected chi connectivity index (χ4v) is 4.97. The molecule has 8 N–H and O–H groups in total. The first kappa shape index (κ1) is 31.7. The fraction of sp³-hybridized carbons (Fsp3) is 0.464. The van der Waals surface area contributed by atoms with E-state index in [-0.39, 0.29) is 39.5 Å². The summed E-state index contributed by atoms with van der Waals surface area (Å²) < 4.78 is 38.7. The number of benzene rings is 2. The summed E-state index contributed by atoms with van der Waals surface area (Å²) in [7, 11) is 2.64. The Morgan fingerprint density at radius 2 is 1.73 bits per heavy atom. The summed E-state index contributed by atoms with van der Waals surface area (Å²) >= 11 is 0. The molecule has 2 saturated heterocycles. The maximum absolute atomic E-state index is 12.9. The van der Waals surface area contributed by atoms with Crippen LogP contribution < -0.4 is 19.6 Å². The average Bonchev–Trinajstić information content (AvgIpc) is 3.31. The van der Waals surface area contributed by atoms with Crippen molar-refractivity contribution in [1.82, 2.24) is 0 Å². The van der Waals surface area contributed by atoms with E-state index in [0.29, 0.717) is 0 Å². The summed E-state index contributed by atoms with van der Waals surface area (Å²) in [4.78, 5) is 12.9. The van der Waals surface area contributed by atoms with Crippen LogP contribution in [0.3, 0.4) is 0 Å². The number of phenolic OH excluding ortho intramolecular Hbond substituents is 1. The largest absolute Gasteiger partial charge is 0.507 e. The highest BCUT2D eigenvalue weighted by atomic mass is 16.8. The fourth-order valence-electron chi connectivity index (χ4n) is 4.97. The van der Waals surface area contributed by atoms with Crippen molar-refractivity contribution < 1.29 is 73.7 Å². The molecule has 240 valence electrons. The Labute approximate surface area is 248 Å². The van der Waals surface area contributed by atoms with Gasteiger partial charge in [0.25, 0.3) is 0 Å². The summed E-state index contributed by atoms with van der Waals surface area (Å²) in [5.41, 5.74) is -2.86. The first-order valence-electron chi connectivity index (χ1n) is 13.3. The zero-order chi connectivity index (χ0) is 31.9. The molecular weight excluding hydrogens is 592 g/mol. The van der Waals surface area contributed by atoms with Gasteiger partial charge < -0.3 is 73.7 Å². The first-order valence-corrected chi connectivity index (χ1v) is 13.3. The van der Waals surface area contributed by atoms with Gasteiger partial charge in [-0.3, -0.25) is 4.79 Å². The van der Waals surface area contributed by atoms with Crippen LogP contribution in [0.5, 0.6) is 28.7 Å². The standard InChI is InChI=1S/C28H32O16/c1-38-12-6-13(31)18-16(7-12)41-23(22(35)20(18)33)11-3-4-14(15(5-11)39-2)42-26-24(21(34)19(32)17(8-29)43-26)44-27-25(36)28(37,9-30)10-40-27/h3-7,17,19,21,24-27,29-32,34-37H,8-10H2,1-2H3/t17-,19-,21+,24-,25+,26-,27+,28-/m1/s1. The van der Waals surface area contributed by atoms with Gasteiger partial charge in [0.15, 0.2) is 29.7 Å². The summed E-state index contributed by atoms with van der Waals surface area (Å²) in [6, 6.07) is 6.64. The van der Waals surface area contributed by atoms with Crippen molar-refractivity contribution >= 4 is 11.0 Å².